The van der Waals surface area contributed by atoms with Crippen molar-refractivity contribution in [1.29, 1.82) is 0 Å². The van der Waals surface area contributed by atoms with Crippen LogP contribution in [0, 0.1) is 5.92 Å². The highest BCUT2D eigenvalue weighted by atomic mass is 35.5. The first kappa shape index (κ1) is 25.6. The Bertz CT molecular complexity index is 487. The van der Waals surface area contributed by atoms with Crippen molar-refractivity contribution in [3.63, 3.8) is 0 Å². The second-order valence-corrected chi connectivity index (χ2v) is 5.44. The Morgan fingerprint density at radius 3 is 1.92 bits per heavy atom. The van der Waals surface area contributed by atoms with Crippen LogP contribution in [0.5, 0.6) is 0 Å². The van der Waals surface area contributed by atoms with Gasteiger partial charge in [0, 0.05) is 24.0 Å². The number of hydrogen-bond donors (Lipinski definition) is 2. The van der Waals surface area contributed by atoms with Crippen LogP contribution >= 0.6 is 23.2 Å². The van der Waals surface area contributed by atoms with Crippen molar-refractivity contribution in [2.75, 3.05) is 6.61 Å². The van der Waals surface area contributed by atoms with Gasteiger partial charge in [-0.15, -0.1) is 0 Å². The summed E-state index contributed by atoms with van der Waals surface area (Å²) >= 11 is 11.0. The molecule has 6 heteroatoms. The normalized spacial score (nSPS) is 9.84. The second-order valence-electron chi connectivity index (χ2n) is 4.57. The molecule has 0 spiro atoms. The van der Waals surface area contributed by atoms with E-state index >= 15 is 0 Å². The molecule has 1 aromatic heterocycles. The Kier molecular flexibility index (Phi) is 19.2. The van der Waals surface area contributed by atoms with Crippen molar-refractivity contribution >= 4 is 29.2 Å². The summed E-state index contributed by atoms with van der Waals surface area (Å²) in [4.78, 5) is 13.9. The maximum atomic E-state index is 10.1. The van der Waals surface area contributed by atoms with Gasteiger partial charge < -0.3 is 10.2 Å². The SMILES string of the molecule is CC.CC(CCCO)C(=O)O.Clc1ccccc1.Clc1cccnc1. The number of aliphatic carboxylic acids is 1. The van der Waals surface area contributed by atoms with Crippen molar-refractivity contribution in [3.8, 4) is 0 Å². The van der Waals surface area contributed by atoms with Gasteiger partial charge in [0.2, 0.25) is 0 Å². The minimum absolute atomic E-state index is 0.0810. The second kappa shape index (κ2) is 18.7. The van der Waals surface area contributed by atoms with E-state index in [1.807, 2.05) is 44.2 Å². The van der Waals surface area contributed by atoms with Gasteiger partial charge in [-0.3, -0.25) is 9.78 Å². The lowest BCUT2D eigenvalue weighted by molar-refractivity contribution is -0.141. The third-order valence-electron chi connectivity index (χ3n) is 2.58. The van der Waals surface area contributed by atoms with Crippen molar-refractivity contribution in [3.05, 3.63) is 64.9 Å². The molecule has 0 radical (unpaired) electrons. The van der Waals surface area contributed by atoms with Gasteiger partial charge in [-0.1, -0.05) is 62.2 Å². The van der Waals surface area contributed by atoms with Crippen LogP contribution in [-0.2, 0) is 4.79 Å². The number of hydrogen-bond acceptors (Lipinski definition) is 3. The molecule has 1 aromatic carbocycles. The van der Waals surface area contributed by atoms with Gasteiger partial charge in [0.1, 0.15) is 0 Å². The van der Waals surface area contributed by atoms with E-state index in [4.69, 9.17) is 33.4 Å². The van der Waals surface area contributed by atoms with Crippen molar-refractivity contribution in [2.24, 2.45) is 5.92 Å². The fraction of sp³-hybridized carbons (Fsp3) is 0.368. The van der Waals surface area contributed by atoms with E-state index in [2.05, 4.69) is 4.98 Å². The zero-order chi connectivity index (χ0) is 19.5. The summed E-state index contributed by atoms with van der Waals surface area (Å²) in [6, 6.07) is 13.0. The number of aromatic nitrogens is 1. The van der Waals surface area contributed by atoms with E-state index in [1.54, 1.807) is 31.5 Å². The third kappa shape index (κ3) is 18.6. The lowest BCUT2D eigenvalue weighted by Crippen LogP contribution is -2.09. The summed E-state index contributed by atoms with van der Waals surface area (Å²) in [5.41, 5.74) is 0. The summed E-state index contributed by atoms with van der Waals surface area (Å²) in [7, 11) is 0. The maximum absolute atomic E-state index is 10.1. The molecule has 2 N–H and O–H groups in total. The summed E-state index contributed by atoms with van der Waals surface area (Å²) in [5, 5.41) is 18.1. The molecule has 0 fully saturated rings. The summed E-state index contributed by atoms with van der Waals surface area (Å²) in [6.07, 6.45) is 4.42. The number of pyridine rings is 1. The average Bonchev–Trinajstić information content (AvgIpc) is 2.63. The van der Waals surface area contributed by atoms with Gasteiger partial charge in [0.25, 0.3) is 0 Å². The summed E-state index contributed by atoms with van der Waals surface area (Å²) < 4.78 is 0. The monoisotopic (exact) mass is 387 g/mol. The van der Waals surface area contributed by atoms with Crippen molar-refractivity contribution < 1.29 is 15.0 Å². The zero-order valence-corrected chi connectivity index (χ0v) is 16.4. The van der Waals surface area contributed by atoms with Crippen LogP contribution in [0.15, 0.2) is 54.9 Å². The smallest absolute Gasteiger partial charge is 0.306 e. The largest absolute Gasteiger partial charge is 0.481 e. The first-order chi connectivity index (χ1) is 12.0. The Morgan fingerprint density at radius 1 is 1.08 bits per heavy atom. The topological polar surface area (TPSA) is 70.4 Å². The van der Waals surface area contributed by atoms with Crippen LogP contribution in [0.2, 0.25) is 10.0 Å². The number of nitrogens with zero attached hydrogens (tertiary/aromatic N) is 1. The molecule has 140 valence electrons. The average molecular weight is 388 g/mol. The number of carbonyl (C=O) groups is 1. The number of benzene rings is 1. The Morgan fingerprint density at radius 2 is 1.64 bits per heavy atom. The molecular formula is C19H27Cl2NO3. The van der Waals surface area contributed by atoms with E-state index in [0.29, 0.717) is 17.9 Å². The molecule has 1 unspecified atom stereocenters. The van der Waals surface area contributed by atoms with Gasteiger partial charge in [-0.25, -0.2) is 0 Å². The molecule has 0 amide bonds. The van der Waals surface area contributed by atoms with Crippen molar-refractivity contribution in [2.45, 2.75) is 33.6 Å². The zero-order valence-electron chi connectivity index (χ0n) is 14.9. The highest BCUT2D eigenvalue weighted by molar-refractivity contribution is 6.30. The summed E-state index contributed by atoms with van der Waals surface area (Å²) in [5.74, 6) is -1.11. The molecular weight excluding hydrogens is 361 g/mol. The number of carboxylic acid groups (broad SMARTS) is 1. The molecule has 1 atom stereocenters. The third-order valence-corrected chi connectivity index (χ3v) is 3.05. The predicted octanol–water partition coefficient (Wildman–Crippen LogP) is 5.58. The Balaban J connectivity index is 0. The van der Waals surface area contributed by atoms with E-state index in [1.165, 1.54) is 0 Å². The van der Waals surface area contributed by atoms with E-state index in [-0.39, 0.29) is 12.5 Å². The molecule has 25 heavy (non-hydrogen) atoms. The van der Waals surface area contributed by atoms with Crippen LogP contribution in [0.25, 0.3) is 0 Å². The molecule has 2 aromatic rings. The fourth-order valence-electron chi connectivity index (χ4n) is 1.28. The molecule has 0 bridgehead atoms. The quantitative estimate of drug-likeness (QED) is 0.717. The first-order valence-electron chi connectivity index (χ1n) is 8.07. The number of carboxylic acids is 1. The van der Waals surface area contributed by atoms with E-state index in [9.17, 15) is 4.79 Å². The highest BCUT2D eigenvalue weighted by Crippen LogP contribution is 2.04. The number of halogens is 2. The van der Waals surface area contributed by atoms with Crippen LogP contribution < -0.4 is 0 Å². The minimum atomic E-state index is -0.788. The maximum Gasteiger partial charge on any atom is 0.306 e. The van der Waals surface area contributed by atoms with Crippen LogP contribution in [0.4, 0.5) is 0 Å². The molecule has 0 saturated carbocycles. The van der Waals surface area contributed by atoms with Gasteiger partial charge in [0.15, 0.2) is 0 Å². The van der Waals surface area contributed by atoms with Crippen LogP contribution in [0.3, 0.4) is 0 Å². The number of rotatable bonds is 4. The molecule has 0 saturated heterocycles. The molecule has 2 rings (SSSR count). The van der Waals surface area contributed by atoms with E-state index < -0.39 is 5.97 Å². The van der Waals surface area contributed by atoms with Gasteiger partial charge in [-0.2, -0.15) is 0 Å². The fourth-order valence-corrected chi connectivity index (χ4v) is 1.55. The first-order valence-corrected chi connectivity index (χ1v) is 8.82. The number of aliphatic hydroxyl groups is 1. The Labute approximate surface area is 160 Å². The lowest BCUT2D eigenvalue weighted by Gasteiger charge is -2.01. The molecule has 0 aliphatic carbocycles. The van der Waals surface area contributed by atoms with Gasteiger partial charge in [0.05, 0.1) is 10.9 Å². The molecule has 0 aliphatic rings. The minimum Gasteiger partial charge on any atom is -0.481 e. The summed E-state index contributed by atoms with van der Waals surface area (Å²) in [6.45, 7) is 5.72. The van der Waals surface area contributed by atoms with Crippen LogP contribution in [0.1, 0.15) is 33.6 Å². The number of aliphatic hydroxyl groups excluding tert-OH is 1. The molecule has 1 heterocycles. The molecule has 0 aliphatic heterocycles. The predicted molar refractivity (Wildman–Crippen MR) is 105 cm³/mol. The van der Waals surface area contributed by atoms with Gasteiger partial charge in [-0.05, 0) is 37.1 Å². The lowest BCUT2D eigenvalue weighted by atomic mass is 10.1. The standard InChI is InChI=1S/C6H5Cl.C6H12O3.C5H4ClN.C2H6/c7-6-4-2-1-3-5-6;1-5(6(8)9)3-2-4-7;6-5-2-1-3-7-4-5;1-2/h1-5H;5,7H,2-4H2,1H3,(H,8,9);1-4H;1-2H3. The molecule has 4 nitrogen and oxygen atoms in total. The van der Waals surface area contributed by atoms with Crippen LogP contribution in [-0.4, -0.2) is 27.8 Å². The van der Waals surface area contributed by atoms with E-state index in [0.717, 1.165) is 5.02 Å². The Hall–Kier alpha value is -1.62. The highest BCUT2D eigenvalue weighted by Gasteiger charge is 2.08. The van der Waals surface area contributed by atoms with Crippen molar-refractivity contribution in [1.82, 2.24) is 4.98 Å². The van der Waals surface area contributed by atoms with Gasteiger partial charge >= 0.3 is 5.97 Å².